The molecule has 2 heterocycles. The van der Waals surface area contributed by atoms with Crippen LogP contribution in [0.15, 0.2) is 60.9 Å². The van der Waals surface area contributed by atoms with Crippen LogP contribution >= 0.6 is 23.6 Å². The average Bonchev–Trinajstić information content (AvgIpc) is 3.09. The molecule has 5 nitrogen and oxygen atoms in total. The van der Waals surface area contributed by atoms with Crippen molar-refractivity contribution < 1.29 is 9.53 Å². The van der Waals surface area contributed by atoms with Crippen LogP contribution in [0.1, 0.15) is 26.4 Å². The van der Waals surface area contributed by atoms with Crippen LogP contribution in [0.25, 0.3) is 0 Å². The molecule has 0 bridgehead atoms. The fraction of sp³-hybridized carbons (Fsp3) is 0.150. The number of esters is 1. The number of pyridine rings is 1. The number of nitrogens with one attached hydrogen (secondary N) is 2. The van der Waals surface area contributed by atoms with Gasteiger partial charge in [0.05, 0.1) is 12.7 Å². The first-order valence-electron chi connectivity index (χ1n) is 8.34. The largest absolute Gasteiger partial charge is 0.465 e. The average molecular weight is 398 g/mol. The van der Waals surface area contributed by atoms with E-state index in [0.29, 0.717) is 22.2 Å². The van der Waals surface area contributed by atoms with E-state index < -0.39 is 0 Å². The van der Waals surface area contributed by atoms with Gasteiger partial charge >= 0.3 is 5.97 Å². The minimum absolute atomic E-state index is 0.384. The highest BCUT2D eigenvalue weighted by molar-refractivity contribution is 7.80. The molecule has 7 heteroatoms. The minimum atomic E-state index is -0.384. The van der Waals surface area contributed by atoms with Crippen LogP contribution in [0, 0.1) is 0 Å². The number of benzene rings is 1. The fourth-order valence-corrected chi connectivity index (χ4v) is 3.83. The van der Waals surface area contributed by atoms with E-state index in [-0.39, 0.29) is 5.97 Å². The number of methoxy groups -OCH3 is 1. The summed E-state index contributed by atoms with van der Waals surface area (Å²) in [7, 11) is 1.38. The van der Waals surface area contributed by atoms with Crippen LogP contribution in [0.3, 0.4) is 0 Å². The number of hydrogen-bond acceptors (Lipinski definition) is 5. The van der Waals surface area contributed by atoms with E-state index in [1.807, 2.05) is 36.4 Å². The third kappa shape index (κ3) is 5.35. The second-order valence-corrected chi connectivity index (χ2v) is 7.32. The number of carbonyl (C=O) groups excluding carboxylic acids is 1. The number of ether oxygens (including phenoxy) is 1. The lowest BCUT2D eigenvalue weighted by Gasteiger charge is -2.10. The van der Waals surface area contributed by atoms with Gasteiger partial charge in [0.15, 0.2) is 5.11 Å². The van der Waals surface area contributed by atoms with Gasteiger partial charge < -0.3 is 15.4 Å². The zero-order chi connectivity index (χ0) is 19.1. The fourth-order valence-electron chi connectivity index (χ4n) is 2.51. The number of anilines is 1. The second-order valence-electron chi connectivity index (χ2n) is 5.77. The molecule has 2 N–H and O–H groups in total. The Kier molecular flexibility index (Phi) is 6.51. The van der Waals surface area contributed by atoms with Gasteiger partial charge in [-0.15, -0.1) is 11.3 Å². The van der Waals surface area contributed by atoms with Crippen molar-refractivity contribution in [2.75, 3.05) is 12.4 Å². The van der Waals surface area contributed by atoms with Crippen molar-refractivity contribution in [3.63, 3.8) is 0 Å². The van der Waals surface area contributed by atoms with E-state index in [1.165, 1.54) is 24.0 Å². The maximum Gasteiger partial charge on any atom is 0.340 e. The van der Waals surface area contributed by atoms with Gasteiger partial charge in [0, 0.05) is 30.2 Å². The lowest BCUT2D eigenvalue weighted by atomic mass is 10.1. The van der Waals surface area contributed by atoms with E-state index in [1.54, 1.807) is 12.4 Å². The number of rotatable bonds is 6. The monoisotopic (exact) mass is 397 g/mol. The molecule has 0 saturated heterocycles. The number of carbonyl (C=O) groups is 1. The SMILES string of the molecule is COC(=O)c1cc(Cc2ccccc2)sc1NC(=S)NCc1ccncc1. The number of thiophene rings is 1. The lowest BCUT2D eigenvalue weighted by molar-refractivity contribution is 0.0602. The molecular weight excluding hydrogens is 378 g/mol. The summed E-state index contributed by atoms with van der Waals surface area (Å²) in [5, 5.41) is 7.39. The molecule has 3 rings (SSSR count). The lowest BCUT2D eigenvalue weighted by Crippen LogP contribution is -2.28. The molecule has 0 atom stereocenters. The Morgan fingerprint density at radius 1 is 1.15 bits per heavy atom. The second kappa shape index (κ2) is 9.25. The van der Waals surface area contributed by atoms with Crippen molar-refractivity contribution in [2.24, 2.45) is 0 Å². The highest BCUT2D eigenvalue weighted by Crippen LogP contribution is 2.30. The van der Waals surface area contributed by atoms with E-state index in [0.717, 1.165) is 16.9 Å². The minimum Gasteiger partial charge on any atom is -0.465 e. The van der Waals surface area contributed by atoms with Crippen LogP contribution in [-0.4, -0.2) is 23.2 Å². The molecule has 2 aromatic heterocycles. The normalized spacial score (nSPS) is 10.3. The predicted molar refractivity (Wildman–Crippen MR) is 112 cm³/mol. The molecule has 0 unspecified atom stereocenters. The molecule has 27 heavy (non-hydrogen) atoms. The summed E-state index contributed by atoms with van der Waals surface area (Å²) in [6, 6.07) is 15.8. The van der Waals surface area contributed by atoms with Crippen molar-refractivity contribution in [3.8, 4) is 0 Å². The Bertz CT molecular complexity index is 911. The quantitative estimate of drug-likeness (QED) is 0.484. The predicted octanol–water partition coefficient (Wildman–Crippen LogP) is 4.01. The van der Waals surface area contributed by atoms with Gasteiger partial charge in [0.2, 0.25) is 0 Å². The molecule has 0 fully saturated rings. The Morgan fingerprint density at radius 2 is 1.89 bits per heavy atom. The maximum atomic E-state index is 12.1. The zero-order valence-corrected chi connectivity index (χ0v) is 16.4. The van der Waals surface area contributed by atoms with Crippen molar-refractivity contribution in [1.29, 1.82) is 0 Å². The van der Waals surface area contributed by atoms with E-state index in [2.05, 4.69) is 27.8 Å². The first-order chi connectivity index (χ1) is 13.2. The molecule has 0 radical (unpaired) electrons. The van der Waals surface area contributed by atoms with Gasteiger partial charge in [-0.3, -0.25) is 4.98 Å². The van der Waals surface area contributed by atoms with Gasteiger partial charge in [0.1, 0.15) is 5.00 Å². The highest BCUT2D eigenvalue weighted by atomic mass is 32.1. The Hall–Kier alpha value is -2.77. The van der Waals surface area contributed by atoms with E-state index in [9.17, 15) is 4.79 Å². The van der Waals surface area contributed by atoms with Gasteiger partial charge in [-0.2, -0.15) is 0 Å². The maximum absolute atomic E-state index is 12.1. The van der Waals surface area contributed by atoms with Crippen molar-refractivity contribution in [1.82, 2.24) is 10.3 Å². The van der Waals surface area contributed by atoms with Crippen LogP contribution in [0.5, 0.6) is 0 Å². The van der Waals surface area contributed by atoms with E-state index >= 15 is 0 Å². The number of thiocarbonyl (C=S) groups is 1. The van der Waals surface area contributed by atoms with Crippen molar-refractivity contribution >= 4 is 39.6 Å². The molecule has 138 valence electrons. The van der Waals surface area contributed by atoms with Crippen molar-refractivity contribution in [3.05, 3.63) is 82.5 Å². The number of hydrogen-bond donors (Lipinski definition) is 2. The smallest absolute Gasteiger partial charge is 0.340 e. The molecule has 0 saturated carbocycles. The van der Waals surface area contributed by atoms with Gasteiger partial charge in [-0.25, -0.2) is 4.79 Å². The van der Waals surface area contributed by atoms with Crippen LogP contribution < -0.4 is 10.6 Å². The molecule has 0 amide bonds. The summed E-state index contributed by atoms with van der Waals surface area (Å²) in [4.78, 5) is 17.2. The summed E-state index contributed by atoms with van der Waals surface area (Å²) in [6.07, 6.45) is 4.21. The van der Waals surface area contributed by atoms with Crippen molar-refractivity contribution in [2.45, 2.75) is 13.0 Å². The summed E-state index contributed by atoms with van der Waals surface area (Å²) in [5.74, 6) is -0.384. The summed E-state index contributed by atoms with van der Waals surface area (Å²) >= 11 is 6.87. The topological polar surface area (TPSA) is 63.2 Å². The molecule has 1 aromatic carbocycles. The number of aromatic nitrogens is 1. The van der Waals surface area contributed by atoms with Gasteiger partial charge in [-0.05, 0) is 41.5 Å². The number of nitrogens with zero attached hydrogens (tertiary/aromatic N) is 1. The van der Waals surface area contributed by atoms with Crippen LogP contribution in [-0.2, 0) is 17.7 Å². The molecule has 0 aliphatic heterocycles. The summed E-state index contributed by atoms with van der Waals surface area (Å²) in [6.45, 7) is 0.574. The zero-order valence-electron chi connectivity index (χ0n) is 14.8. The first-order valence-corrected chi connectivity index (χ1v) is 9.57. The van der Waals surface area contributed by atoms with Crippen LogP contribution in [0.2, 0.25) is 0 Å². The first kappa shape index (κ1) is 19.0. The van der Waals surface area contributed by atoms with Crippen LogP contribution in [0.4, 0.5) is 5.00 Å². The Labute approximate surface area is 167 Å². The highest BCUT2D eigenvalue weighted by Gasteiger charge is 2.18. The standard InChI is InChI=1S/C20H19N3O2S2/c1-25-19(24)17-12-16(11-14-5-3-2-4-6-14)27-18(17)23-20(26)22-13-15-7-9-21-10-8-15/h2-10,12H,11,13H2,1H3,(H2,22,23,26). The third-order valence-electron chi connectivity index (χ3n) is 3.84. The molecule has 0 spiro atoms. The Morgan fingerprint density at radius 3 is 2.59 bits per heavy atom. The summed E-state index contributed by atoms with van der Waals surface area (Å²) < 4.78 is 4.91. The van der Waals surface area contributed by atoms with Gasteiger partial charge in [-0.1, -0.05) is 30.3 Å². The molecule has 3 aromatic rings. The van der Waals surface area contributed by atoms with E-state index in [4.69, 9.17) is 17.0 Å². The molecule has 0 aliphatic carbocycles. The molecular formula is C20H19N3O2S2. The van der Waals surface area contributed by atoms with Gasteiger partial charge in [0.25, 0.3) is 0 Å². The third-order valence-corrected chi connectivity index (χ3v) is 5.14. The molecule has 0 aliphatic rings. The Balaban J connectivity index is 1.70. The summed E-state index contributed by atoms with van der Waals surface area (Å²) in [5.41, 5.74) is 2.74.